The number of fused-ring (bicyclic) bond motifs is 1. The number of thiazole rings is 1. The third-order valence-corrected chi connectivity index (χ3v) is 6.55. The molecular formula is C21H24N4OS. The van der Waals surface area contributed by atoms with Crippen LogP contribution in [0.1, 0.15) is 40.7 Å². The number of carbonyl (C=O) groups is 1. The molecule has 0 aliphatic carbocycles. The molecule has 0 saturated carbocycles. The summed E-state index contributed by atoms with van der Waals surface area (Å²) in [6.07, 6.45) is 5.71. The second-order valence-corrected chi connectivity index (χ2v) is 8.25. The highest BCUT2D eigenvalue weighted by molar-refractivity contribution is 7.18. The number of rotatable bonds is 3. The number of nitrogens with zero attached hydrogens (tertiary/aromatic N) is 4. The minimum Gasteiger partial charge on any atom is -0.338 e. The highest BCUT2D eigenvalue weighted by Gasteiger charge is 2.26. The number of para-hydroxylation sites is 1. The van der Waals surface area contributed by atoms with Crippen LogP contribution in [0, 0.1) is 13.8 Å². The first-order valence-electron chi connectivity index (χ1n) is 9.35. The number of likely N-dealkylation sites (tertiary alicyclic amines) is 1. The van der Waals surface area contributed by atoms with Gasteiger partial charge in [-0.3, -0.25) is 9.48 Å². The number of hydrogen-bond donors (Lipinski definition) is 0. The lowest BCUT2D eigenvalue weighted by Crippen LogP contribution is -2.38. The van der Waals surface area contributed by atoms with Crippen LogP contribution in [-0.4, -0.2) is 38.7 Å². The Morgan fingerprint density at radius 1 is 1.30 bits per heavy atom. The van der Waals surface area contributed by atoms with Crippen LogP contribution in [0.15, 0.2) is 30.3 Å². The van der Waals surface area contributed by atoms with E-state index in [1.165, 1.54) is 4.70 Å². The van der Waals surface area contributed by atoms with Gasteiger partial charge in [0.2, 0.25) is 5.91 Å². The zero-order chi connectivity index (χ0) is 19.0. The normalized spacial score (nSPS) is 17.9. The summed E-state index contributed by atoms with van der Waals surface area (Å²) in [5.41, 5.74) is 4.11. The topological polar surface area (TPSA) is 51.0 Å². The van der Waals surface area contributed by atoms with Crippen molar-refractivity contribution in [3.05, 3.63) is 52.3 Å². The Hall–Kier alpha value is -2.47. The van der Waals surface area contributed by atoms with E-state index in [9.17, 15) is 4.79 Å². The maximum absolute atomic E-state index is 12.7. The second-order valence-electron chi connectivity index (χ2n) is 7.18. The molecule has 0 bridgehead atoms. The number of amides is 1. The van der Waals surface area contributed by atoms with Gasteiger partial charge in [0.25, 0.3) is 0 Å². The lowest BCUT2D eigenvalue weighted by Gasteiger charge is -2.31. The fourth-order valence-electron chi connectivity index (χ4n) is 3.73. The molecule has 1 amide bonds. The van der Waals surface area contributed by atoms with E-state index in [4.69, 9.17) is 4.98 Å². The molecule has 1 aliphatic heterocycles. The summed E-state index contributed by atoms with van der Waals surface area (Å²) in [4.78, 5) is 19.5. The van der Waals surface area contributed by atoms with Gasteiger partial charge in [-0.1, -0.05) is 12.1 Å². The predicted molar refractivity (Wildman–Crippen MR) is 110 cm³/mol. The van der Waals surface area contributed by atoms with Crippen LogP contribution in [0.2, 0.25) is 0 Å². The standard InChI is InChI=1S/C21H24N4OS/c1-14-17(15(2)24(3)23-14)10-11-20(26)25-12-6-7-16(13-25)21-22-18-8-4-5-9-19(18)27-21/h4-5,8-11,16H,6-7,12-13H2,1-3H3/b11-10+/t16-/m1/s1. The first kappa shape index (κ1) is 17.9. The monoisotopic (exact) mass is 380 g/mol. The Morgan fingerprint density at radius 2 is 2.11 bits per heavy atom. The summed E-state index contributed by atoms with van der Waals surface area (Å²) < 4.78 is 3.07. The van der Waals surface area contributed by atoms with Crippen molar-refractivity contribution in [2.75, 3.05) is 13.1 Å². The van der Waals surface area contributed by atoms with E-state index >= 15 is 0 Å². The summed E-state index contributed by atoms with van der Waals surface area (Å²) in [5, 5.41) is 5.56. The number of hydrogen-bond acceptors (Lipinski definition) is 4. The van der Waals surface area contributed by atoms with Crippen molar-refractivity contribution in [3.63, 3.8) is 0 Å². The van der Waals surface area contributed by atoms with Crippen molar-refractivity contribution in [2.24, 2.45) is 7.05 Å². The molecule has 1 fully saturated rings. The van der Waals surface area contributed by atoms with Crippen LogP contribution in [0.5, 0.6) is 0 Å². The molecule has 0 unspecified atom stereocenters. The fourth-order valence-corrected chi connectivity index (χ4v) is 4.83. The highest BCUT2D eigenvalue weighted by Crippen LogP contribution is 2.33. The smallest absolute Gasteiger partial charge is 0.246 e. The van der Waals surface area contributed by atoms with Gasteiger partial charge in [-0.15, -0.1) is 11.3 Å². The molecular weight excluding hydrogens is 356 g/mol. The largest absolute Gasteiger partial charge is 0.338 e. The van der Waals surface area contributed by atoms with E-state index in [0.29, 0.717) is 5.92 Å². The van der Waals surface area contributed by atoms with Crippen LogP contribution in [0.4, 0.5) is 0 Å². The zero-order valence-corrected chi connectivity index (χ0v) is 16.8. The van der Waals surface area contributed by atoms with Crippen LogP contribution >= 0.6 is 11.3 Å². The number of carbonyl (C=O) groups excluding carboxylic acids is 1. The summed E-state index contributed by atoms with van der Waals surface area (Å²) in [5.74, 6) is 0.402. The van der Waals surface area contributed by atoms with Gasteiger partial charge >= 0.3 is 0 Å². The van der Waals surface area contributed by atoms with E-state index in [2.05, 4.69) is 17.2 Å². The van der Waals surface area contributed by atoms with Gasteiger partial charge < -0.3 is 4.90 Å². The highest BCUT2D eigenvalue weighted by atomic mass is 32.1. The molecule has 0 radical (unpaired) electrons. The summed E-state index contributed by atoms with van der Waals surface area (Å²) in [7, 11) is 1.93. The third-order valence-electron chi connectivity index (χ3n) is 5.35. The fraction of sp³-hybridized carbons (Fsp3) is 0.381. The average molecular weight is 381 g/mol. The van der Waals surface area contributed by atoms with Crippen LogP contribution in [0.3, 0.4) is 0 Å². The molecule has 27 heavy (non-hydrogen) atoms. The number of aromatic nitrogens is 3. The quantitative estimate of drug-likeness (QED) is 0.644. The Kier molecular flexibility index (Phi) is 4.83. The van der Waals surface area contributed by atoms with E-state index in [1.807, 2.05) is 48.7 Å². The zero-order valence-electron chi connectivity index (χ0n) is 16.0. The van der Waals surface area contributed by atoms with Crippen molar-refractivity contribution in [1.29, 1.82) is 0 Å². The summed E-state index contributed by atoms with van der Waals surface area (Å²) in [6.45, 7) is 5.55. The molecule has 0 N–H and O–H groups in total. The first-order chi connectivity index (χ1) is 13.0. The molecule has 1 aliphatic rings. The maximum Gasteiger partial charge on any atom is 0.246 e. The van der Waals surface area contributed by atoms with Gasteiger partial charge in [0.15, 0.2) is 0 Å². The molecule has 1 aromatic carbocycles. The summed E-state index contributed by atoms with van der Waals surface area (Å²) >= 11 is 1.76. The Bertz CT molecular complexity index is 984. The Balaban J connectivity index is 1.49. The molecule has 140 valence electrons. The SMILES string of the molecule is Cc1nn(C)c(C)c1/C=C/C(=O)N1CCC[C@@H](c2nc3ccccc3s2)C1. The van der Waals surface area contributed by atoms with E-state index in [1.54, 1.807) is 17.4 Å². The Morgan fingerprint density at radius 3 is 2.85 bits per heavy atom. The van der Waals surface area contributed by atoms with E-state index in [0.717, 1.165) is 53.4 Å². The van der Waals surface area contributed by atoms with Crippen molar-refractivity contribution in [1.82, 2.24) is 19.7 Å². The number of aryl methyl sites for hydroxylation is 2. The van der Waals surface area contributed by atoms with Crippen LogP contribution in [-0.2, 0) is 11.8 Å². The number of piperidine rings is 1. The lowest BCUT2D eigenvalue weighted by atomic mass is 9.98. The molecule has 3 heterocycles. The minimum atomic E-state index is 0.0727. The number of benzene rings is 1. The van der Waals surface area contributed by atoms with Crippen molar-refractivity contribution < 1.29 is 4.79 Å². The van der Waals surface area contributed by atoms with Crippen molar-refractivity contribution in [3.8, 4) is 0 Å². The van der Waals surface area contributed by atoms with Gasteiger partial charge in [-0.25, -0.2) is 4.98 Å². The van der Waals surface area contributed by atoms with Gasteiger partial charge in [-0.05, 0) is 44.9 Å². The minimum absolute atomic E-state index is 0.0727. The van der Waals surface area contributed by atoms with E-state index in [-0.39, 0.29) is 5.91 Å². The molecule has 6 heteroatoms. The third kappa shape index (κ3) is 3.54. The first-order valence-corrected chi connectivity index (χ1v) is 10.2. The van der Waals surface area contributed by atoms with Gasteiger partial charge in [-0.2, -0.15) is 5.10 Å². The second kappa shape index (κ2) is 7.27. The molecule has 4 rings (SSSR count). The van der Waals surface area contributed by atoms with E-state index < -0.39 is 0 Å². The van der Waals surface area contributed by atoms with Crippen LogP contribution < -0.4 is 0 Å². The Labute approximate surface area is 163 Å². The summed E-state index contributed by atoms with van der Waals surface area (Å²) in [6, 6.07) is 8.25. The average Bonchev–Trinajstić information content (AvgIpc) is 3.21. The predicted octanol–water partition coefficient (Wildman–Crippen LogP) is 4.07. The maximum atomic E-state index is 12.7. The molecule has 2 aromatic heterocycles. The van der Waals surface area contributed by atoms with Crippen molar-refractivity contribution in [2.45, 2.75) is 32.6 Å². The molecule has 1 saturated heterocycles. The molecule has 1 atom stereocenters. The van der Waals surface area contributed by atoms with Crippen LogP contribution in [0.25, 0.3) is 16.3 Å². The molecule has 0 spiro atoms. The van der Waals surface area contributed by atoms with Crippen molar-refractivity contribution >= 4 is 33.5 Å². The molecule has 3 aromatic rings. The lowest BCUT2D eigenvalue weighted by molar-refractivity contribution is -0.127. The molecule has 5 nitrogen and oxygen atoms in total. The van der Waals surface area contributed by atoms with Gasteiger partial charge in [0.1, 0.15) is 0 Å². The van der Waals surface area contributed by atoms with Gasteiger partial charge in [0, 0.05) is 43.4 Å². The van der Waals surface area contributed by atoms with Gasteiger partial charge in [0.05, 0.1) is 20.9 Å².